The van der Waals surface area contributed by atoms with Crippen LogP contribution in [0.4, 0.5) is 0 Å². The minimum absolute atomic E-state index is 0.354. The normalized spacial score (nSPS) is 20.9. The minimum Gasteiger partial charge on any atom is -0.465 e. The van der Waals surface area contributed by atoms with Crippen LogP contribution in [-0.4, -0.2) is 25.7 Å². The summed E-state index contributed by atoms with van der Waals surface area (Å²) in [7, 11) is 1.32. The van der Waals surface area contributed by atoms with Crippen LogP contribution in [0.5, 0.6) is 0 Å². The second kappa shape index (κ2) is 7.07. The summed E-state index contributed by atoms with van der Waals surface area (Å²) in [5, 5.41) is 0. The Bertz CT molecular complexity index is 530. The Morgan fingerprint density at radius 3 is 2.19 bits per heavy atom. The lowest BCUT2D eigenvalue weighted by atomic mass is 9.85. The molecule has 0 spiro atoms. The van der Waals surface area contributed by atoms with Gasteiger partial charge in [-0.2, -0.15) is 0 Å². The molecule has 4 heteroatoms. The van der Waals surface area contributed by atoms with E-state index < -0.39 is 5.97 Å². The minimum atomic E-state index is -0.419. The number of esters is 2. The molecule has 0 N–H and O–H groups in total. The Balaban J connectivity index is 1.91. The Morgan fingerprint density at radius 2 is 1.62 bits per heavy atom. The highest BCUT2D eigenvalue weighted by molar-refractivity contribution is 5.93. The van der Waals surface area contributed by atoms with Gasteiger partial charge in [-0.25, -0.2) is 9.59 Å². The SMILES string of the molecule is COC(=O)c1ccc(C(=O)OCC2CC=CCC2C)cc1. The molecular weight excluding hydrogens is 268 g/mol. The van der Waals surface area contributed by atoms with E-state index in [4.69, 9.17) is 4.74 Å². The molecule has 112 valence electrons. The summed E-state index contributed by atoms with van der Waals surface area (Å²) in [6, 6.07) is 6.29. The number of methoxy groups -OCH3 is 1. The van der Waals surface area contributed by atoms with E-state index >= 15 is 0 Å². The maximum absolute atomic E-state index is 12.0. The van der Waals surface area contributed by atoms with E-state index in [1.807, 2.05) is 0 Å². The first-order valence-corrected chi connectivity index (χ1v) is 7.12. The number of benzene rings is 1. The van der Waals surface area contributed by atoms with Gasteiger partial charge in [-0.05, 0) is 48.9 Å². The van der Waals surface area contributed by atoms with Crippen LogP contribution in [-0.2, 0) is 9.47 Å². The van der Waals surface area contributed by atoms with Crippen LogP contribution >= 0.6 is 0 Å². The van der Waals surface area contributed by atoms with Gasteiger partial charge < -0.3 is 9.47 Å². The number of carbonyl (C=O) groups excluding carboxylic acids is 2. The van der Waals surface area contributed by atoms with E-state index in [-0.39, 0.29) is 5.97 Å². The Hall–Kier alpha value is -2.10. The number of allylic oxidation sites excluding steroid dienone is 2. The quantitative estimate of drug-likeness (QED) is 0.630. The molecule has 0 saturated heterocycles. The fourth-order valence-electron chi connectivity index (χ4n) is 2.37. The van der Waals surface area contributed by atoms with Crippen molar-refractivity contribution in [3.63, 3.8) is 0 Å². The molecule has 21 heavy (non-hydrogen) atoms. The van der Waals surface area contributed by atoms with Gasteiger partial charge in [0.2, 0.25) is 0 Å². The summed E-state index contributed by atoms with van der Waals surface area (Å²) in [5.74, 6) is 0.142. The molecule has 2 atom stereocenters. The van der Waals surface area contributed by atoms with Gasteiger partial charge in [0.1, 0.15) is 0 Å². The predicted molar refractivity (Wildman–Crippen MR) is 79.1 cm³/mol. The van der Waals surface area contributed by atoms with E-state index in [9.17, 15) is 9.59 Å². The van der Waals surface area contributed by atoms with Crippen molar-refractivity contribution in [2.24, 2.45) is 11.8 Å². The summed E-state index contributed by atoms with van der Waals surface area (Å²) in [6.45, 7) is 2.61. The van der Waals surface area contributed by atoms with Crippen molar-refractivity contribution < 1.29 is 19.1 Å². The zero-order chi connectivity index (χ0) is 15.2. The summed E-state index contributed by atoms with van der Waals surface area (Å²) < 4.78 is 9.99. The maximum Gasteiger partial charge on any atom is 0.338 e. The summed E-state index contributed by atoms with van der Waals surface area (Å²) in [4.78, 5) is 23.3. The summed E-state index contributed by atoms with van der Waals surface area (Å²) in [6.07, 6.45) is 6.31. The molecule has 4 nitrogen and oxygen atoms in total. The molecule has 0 amide bonds. The van der Waals surface area contributed by atoms with Crippen molar-refractivity contribution in [2.75, 3.05) is 13.7 Å². The first-order chi connectivity index (χ1) is 10.1. The molecule has 0 aromatic heterocycles. The zero-order valence-electron chi connectivity index (χ0n) is 12.4. The monoisotopic (exact) mass is 288 g/mol. The van der Waals surface area contributed by atoms with E-state index in [2.05, 4.69) is 23.8 Å². The molecule has 0 saturated carbocycles. The molecule has 2 rings (SSSR count). The third-order valence-electron chi connectivity index (χ3n) is 3.89. The van der Waals surface area contributed by atoms with Crippen molar-refractivity contribution in [1.29, 1.82) is 0 Å². The number of ether oxygens (including phenoxy) is 2. The standard InChI is InChI=1S/C17H20O4/c1-12-5-3-4-6-15(12)11-21-17(19)14-9-7-13(8-10-14)16(18)20-2/h3-4,7-10,12,15H,5-6,11H2,1-2H3. The second-order valence-corrected chi connectivity index (χ2v) is 5.35. The first-order valence-electron chi connectivity index (χ1n) is 7.12. The summed E-state index contributed by atoms with van der Waals surface area (Å²) >= 11 is 0. The van der Waals surface area contributed by atoms with E-state index in [1.54, 1.807) is 24.3 Å². The summed E-state index contributed by atoms with van der Waals surface area (Å²) in [5.41, 5.74) is 0.863. The van der Waals surface area contributed by atoms with E-state index in [1.165, 1.54) is 7.11 Å². The van der Waals surface area contributed by atoms with Gasteiger partial charge in [-0.15, -0.1) is 0 Å². The highest BCUT2D eigenvalue weighted by atomic mass is 16.5. The average molecular weight is 288 g/mol. The highest BCUT2D eigenvalue weighted by Crippen LogP contribution is 2.25. The first kappa shape index (κ1) is 15.3. The third-order valence-corrected chi connectivity index (χ3v) is 3.89. The van der Waals surface area contributed by atoms with E-state index in [0.29, 0.717) is 29.6 Å². The molecule has 1 aliphatic carbocycles. The van der Waals surface area contributed by atoms with Crippen LogP contribution in [0.2, 0.25) is 0 Å². The molecule has 1 aromatic carbocycles. The number of carbonyl (C=O) groups is 2. The van der Waals surface area contributed by atoms with Crippen LogP contribution in [0.1, 0.15) is 40.5 Å². The van der Waals surface area contributed by atoms with Crippen molar-refractivity contribution >= 4 is 11.9 Å². The van der Waals surface area contributed by atoms with Gasteiger partial charge in [0.25, 0.3) is 0 Å². The highest BCUT2D eigenvalue weighted by Gasteiger charge is 2.20. The van der Waals surface area contributed by atoms with Crippen molar-refractivity contribution in [3.8, 4) is 0 Å². The number of hydrogen-bond acceptors (Lipinski definition) is 4. The van der Waals surface area contributed by atoms with Gasteiger partial charge >= 0.3 is 11.9 Å². The molecule has 0 fully saturated rings. The van der Waals surface area contributed by atoms with Crippen LogP contribution in [0.3, 0.4) is 0 Å². The molecular formula is C17H20O4. The molecule has 0 aliphatic heterocycles. The van der Waals surface area contributed by atoms with Gasteiger partial charge in [0.05, 0.1) is 24.8 Å². The van der Waals surface area contributed by atoms with Gasteiger partial charge in [0, 0.05) is 0 Å². The van der Waals surface area contributed by atoms with Gasteiger partial charge in [0.15, 0.2) is 0 Å². The van der Waals surface area contributed by atoms with Gasteiger partial charge in [-0.1, -0.05) is 19.1 Å². The lowest BCUT2D eigenvalue weighted by Gasteiger charge is -2.24. The Morgan fingerprint density at radius 1 is 1.05 bits per heavy atom. The fraction of sp³-hybridized carbons (Fsp3) is 0.412. The Labute approximate surface area is 124 Å². The van der Waals surface area contributed by atoms with Crippen LogP contribution < -0.4 is 0 Å². The maximum atomic E-state index is 12.0. The van der Waals surface area contributed by atoms with Crippen molar-refractivity contribution in [3.05, 3.63) is 47.5 Å². The largest absolute Gasteiger partial charge is 0.465 e. The molecule has 2 unspecified atom stereocenters. The molecule has 0 radical (unpaired) electrons. The third kappa shape index (κ3) is 3.94. The van der Waals surface area contributed by atoms with Crippen LogP contribution in [0.15, 0.2) is 36.4 Å². The number of hydrogen-bond donors (Lipinski definition) is 0. The van der Waals surface area contributed by atoms with Crippen molar-refractivity contribution in [1.82, 2.24) is 0 Å². The molecule has 1 aromatic rings. The van der Waals surface area contributed by atoms with Crippen molar-refractivity contribution in [2.45, 2.75) is 19.8 Å². The predicted octanol–water partition coefficient (Wildman–Crippen LogP) is 3.23. The second-order valence-electron chi connectivity index (χ2n) is 5.35. The zero-order valence-corrected chi connectivity index (χ0v) is 12.4. The smallest absolute Gasteiger partial charge is 0.338 e. The van der Waals surface area contributed by atoms with Crippen LogP contribution in [0.25, 0.3) is 0 Å². The lowest BCUT2D eigenvalue weighted by Crippen LogP contribution is -2.21. The molecule has 0 heterocycles. The topological polar surface area (TPSA) is 52.6 Å². The van der Waals surface area contributed by atoms with Gasteiger partial charge in [-0.3, -0.25) is 0 Å². The number of rotatable bonds is 4. The van der Waals surface area contributed by atoms with Crippen LogP contribution in [0, 0.1) is 11.8 Å². The molecule has 1 aliphatic rings. The van der Waals surface area contributed by atoms with E-state index in [0.717, 1.165) is 12.8 Å². The lowest BCUT2D eigenvalue weighted by molar-refractivity contribution is 0.0394. The Kier molecular flexibility index (Phi) is 5.14. The average Bonchev–Trinajstić information content (AvgIpc) is 2.53. The fourth-order valence-corrected chi connectivity index (χ4v) is 2.37. The molecule has 0 bridgehead atoms.